The normalized spacial score (nSPS) is 10.8. The zero-order valence-electron chi connectivity index (χ0n) is 12.3. The van der Waals surface area contributed by atoms with E-state index < -0.39 is 0 Å². The summed E-state index contributed by atoms with van der Waals surface area (Å²) in [5, 5.41) is 4.96. The zero-order chi connectivity index (χ0) is 15.1. The fourth-order valence-electron chi connectivity index (χ4n) is 1.77. The molecule has 0 aliphatic heterocycles. The van der Waals surface area contributed by atoms with Gasteiger partial charge in [0.2, 0.25) is 0 Å². The number of rotatable bonds is 6. The minimum absolute atomic E-state index is 0.700. The van der Waals surface area contributed by atoms with E-state index in [2.05, 4.69) is 17.5 Å². The highest BCUT2D eigenvalue weighted by Gasteiger charge is 2.00. The Morgan fingerprint density at radius 1 is 1.24 bits per heavy atom. The van der Waals surface area contributed by atoms with Crippen molar-refractivity contribution in [2.75, 3.05) is 12.0 Å². The molecule has 1 N–H and O–H groups in total. The van der Waals surface area contributed by atoms with Crippen molar-refractivity contribution in [1.82, 2.24) is 0 Å². The maximum Gasteiger partial charge on any atom is 0.128 e. The molecule has 0 heterocycles. The van der Waals surface area contributed by atoms with Gasteiger partial charge in [-0.1, -0.05) is 36.7 Å². The van der Waals surface area contributed by atoms with Crippen LogP contribution in [0.2, 0.25) is 5.02 Å². The average Bonchev–Trinajstić information content (AvgIpc) is 2.50. The summed E-state index contributed by atoms with van der Waals surface area (Å²) >= 11 is 6.08. The average molecular weight is 303 g/mol. The number of para-hydroxylation sites is 1. The summed E-state index contributed by atoms with van der Waals surface area (Å²) in [5.41, 5.74) is 5.82. The van der Waals surface area contributed by atoms with Gasteiger partial charge in [-0.3, -0.25) is 5.43 Å². The number of anilines is 1. The third-order valence-corrected chi connectivity index (χ3v) is 3.36. The first-order valence-electron chi connectivity index (χ1n) is 6.97. The molecule has 0 spiro atoms. The number of ether oxygens (including phenoxy) is 1. The Kier molecular flexibility index (Phi) is 5.64. The molecule has 2 rings (SSSR count). The van der Waals surface area contributed by atoms with Crippen LogP contribution in [0, 0.1) is 6.92 Å². The van der Waals surface area contributed by atoms with Crippen LogP contribution in [0.25, 0.3) is 0 Å². The zero-order valence-corrected chi connectivity index (χ0v) is 13.0. The van der Waals surface area contributed by atoms with Crippen LogP contribution in [-0.4, -0.2) is 12.8 Å². The fraction of sp³-hybridized carbons (Fsp3) is 0.235. The first-order valence-corrected chi connectivity index (χ1v) is 7.35. The molecule has 0 atom stereocenters. The molecular weight excluding hydrogens is 284 g/mol. The van der Waals surface area contributed by atoms with Crippen molar-refractivity contribution in [1.29, 1.82) is 0 Å². The van der Waals surface area contributed by atoms with Crippen LogP contribution in [0.1, 0.15) is 24.5 Å². The van der Waals surface area contributed by atoms with Crippen LogP contribution in [0.5, 0.6) is 5.75 Å². The van der Waals surface area contributed by atoms with Crippen LogP contribution in [-0.2, 0) is 0 Å². The van der Waals surface area contributed by atoms with Gasteiger partial charge in [0.15, 0.2) is 0 Å². The summed E-state index contributed by atoms with van der Waals surface area (Å²) in [5.74, 6) is 0.840. The summed E-state index contributed by atoms with van der Waals surface area (Å²) in [7, 11) is 0. The summed E-state index contributed by atoms with van der Waals surface area (Å²) in [6, 6.07) is 13.6. The summed E-state index contributed by atoms with van der Waals surface area (Å²) < 4.78 is 5.68. The lowest BCUT2D eigenvalue weighted by atomic mass is 10.2. The molecule has 0 fully saturated rings. The van der Waals surface area contributed by atoms with Crippen molar-refractivity contribution in [2.45, 2.75) is 20.3 Å². The maximum atomic E-state index is 6.08. The molecule has 21 heavy (non-hydrogen) atoms. The second-order valence-corrected chi connectivity index (χ2v) is 5.13. The van der Waals surface area contributed by atoms with Crippen molar-refractivity contribution in [3.05, 3.63) is 58.6 Å². The van der Waals surface area contributed by atoms with Crippen molar-refractivity contribution < 1.29 is 4.74 Å². The van der Waals surface area contributed by atoms with Crippen LogP contribution in [0.15, 0.2) is 47.6 Å². The summed E-state index contributed by atoms with van der Waals surface area (Å²) in [4.78, 5) is 0. The molecular formula is C17H19ClN2O. The maximum absolute atomic E-state index is 6.08. The number of hydrogen-bond acceptors (Lipinski definition) is 3. The van der Waals surface area contributed by atoms with Gasteiger partial charge in [0.1, 0.15) is 5.75 Å². The van der Waals surface area contributed by atoms with Crippen molar-refractivity contribution in [3.63, 3.8) is 0 Å². The third kappa shape index (κ3) is 4.50. The lowest BCUT2D eigenvalue weighted by Gasteiger charge is -2.07. The van der Waals surface area contributed by atoms with E-state index in [1.165, 1.54) is 0 Å². The number of hydrazone groups is 1. The van der Waals surface area contributed by atoms with Crippen LogP contribution >= 0.6 is 11.6 Å². The van der Waals surface area contributed by atoms with Gasteiger partial charge in [-0.2, -0.15) is 5.10 Å². The molecule has 0 bridgehead atoms. The van der Waals surface area contributed by atoms with E-state index in [4.69, 9.17) is 16.3 Å². The Labute approximate surface area is 130 Å². The minimum atomic E-state index is 0.700. The summed E-state index contributed by atoms with van der Waals surface area (Å²) in [6.07, 6.45) is 2.73. The quantitative estimate of drug-likeness (QED) is 0.609. The Morgan fingerprint density at radius 2 is 2.05 bits per heavy atom. The number of nitrogens with one attached hydrogen (secondary N) is 1. The fourth-order valence-corrected chi connectivity index (χ4v) is 1.95. The topological polar surface area (TPSA) is 33.6 Å². The smallest absolute Gasteiger partial charge is 0.128 e. The molecule has 0 saturated carbocycles. The number of nitrogens with zero attached hydrogens (tertiary/aromatic N) is 1. The van der Waals surface area contributed by atoms with Gasteiger partial charge < -0.3 is 4.74 Å². The number of benzene rings is 2. The van der Waals surface area contributed by atoms with Gasteiger partial charge in [0, 0.05) is 10.6 Å². The Balaban J connectivity index is 2.05. The van der Waals surface area contributed by atoms with Crippen molar-refractivity contribution >= 4 is 23.5 Å². The van der Waals surface area contributed by atoms with Crippen LogP contribution < -0.4 is 10.2 Å². The van der Waals surface area contributed by atoms with E-state index in [9.17, 15) is 0 Å². The predicted octanol–water partition coefficient (Wildman–Crippen LogP) is 4.88. The Morgan fingerprint density at radius 3 is 2.81 bits per heavy atom. The third-order valence-electron chi connectivity index (χ3n) is 2.95. The number of aryl methyl sites for hydroxylation is 1. The highest BCUT2D eigenvalue weighted by Crippen LogP contribution is 2.20. The van der Waals surface area contributed by atoms with Gasteiger partial charge >= 0.3 is 0 Å². The summed E-state index contributed by atoms with van der Waals surface area (Å²) in [6.45, 7) is 4.75. The molecule has 2 aromatic rings. The molecule has 0 saturated heterocycles. The van der Waals surface area contributed by atoms with E-state index >= 15 is 0 Å². The number of halogens is 1. The van der Waals surface area contributed by atoms with Gasteiger partial charge in [0.05, 0.1) is 18.5 Å². The van der Waals surface area contributed by atoms with Crippen molar-refractivity contribution in [2.24, 2.45) is 5.10 Å². The van der Waals surface area contributed by atoms with E-state index in [0.717, 1.165) is 34.0 Å². The van der Waals surface area contributed by atoms with Crippen LogP contribution in [0.3, 0.4) is 0 Å². The Hall–Kier alpha value is -2.00. The van der Waals surface area contributed by atoms with E-state index in [1.807, 2.05) is 49.4 Å². The molecule has 0 aliphatic rings. The van der Waals surface area contributed by atoms with Crippen molar-refractivity contribution in [3.8, 4) is 5.75 Å². The first-order chi connectivity index (χ1) is 10.2. The molecule has 2 aromatic carbocycles. The standard InChI is InChI=1S/C17H19ClN2O/c1-3-10-21-17-7-5-4-6-14(17)12-19-20-15-9-8-13(2)16(18)11-15/h4-9,11-12,20H,3,10H2,1-2H3/b19-12+. The Bertz CT molecular complexity index is 626. The van der Waals surface area contributed by atoms with E-state index in [1.54, 1.807) is 6.21 Å². The highest BCUT2D eigenvalue weighted by molar-refractivity contribution is 6.31. The monoisotopic (exact) mass is 302 g/mol. The van der Waals surface area contributed by atoms with Gasteiger partial charge in [-0.25, -0.2) is 0 Å². The predicted molar refractivity (Wildman–Crippen MR) is 89.6 cm³/mol. The molecule has 0 amide bonds. The van der Waals surface area contributed by atoms with Gasteiger partial charge in [-0.15, -0.1) is 0 Å². The second-order valence-electron chi connectivity index (χ2n) is 4.72. The second kappa shape index (κ2) is 7.70. The minimum Gasteiger partial charge on any atom is -0.493 e. The lowest BCUT2D eigenvalue weighted by Crippen LogP contribution is -1.99. The van der Waals surface area contributed by atoms with Gasteiger partial charge in [0.25, 0.3) is 0 Å². The molecule has 0 aliphatic carbocycles. The van der Waals surface area contributed by atoms with Gasteiger partial charge in [-0.05, 0) is 43.2 Å². The largest absolute Gasteiger partial charge is 0.493 e. The lowest BCUT2D eigenvalue weighted by molar-refractivity contribution is 0.317. The molecule has 0 unspecified atom stereocenters. The highest BCUT2D eigenvalue weighted by atomic mass is 35.5. The SMILES string of the molecule is CCCOc1ccccc1/C=N/Nc1ccc(C)c(Cl)c1. The van der Waals surface area contributed by atoms with Crippen LogP contribution in [0.4, 0.5) is 5.69 Å². The first kappa shape index (κ1) is 15.4. The van der Waals surface area contributed by atoms with E-state index in [-0.39, 0.29) is 0 Å². The molecule has 110 valence electrons. The molecule has 0 aromatic heterocycles. The van der Waals surface area contributed by atoms with E-state index in [0.29, 0.717) is 6.61 Å². The molecule has 4 heteroatoms. The molecule has 0 radical (unpaired) electrons. The molecule has 3 nitrogen and oxygen atoms in total. The number of hydrogen-bond donors (Lipinski definition) is 1.